The Morgan fingerprint density at radius 3 is 1.21 bits per heavy atom. The number of anilines is 1. The van der Waals surface area contributed by atoms with Crippen molar-refractivity contribution in [1.29, 1.82) is 0 Å². The monoisotopic (exact) mass is 1540 g/mol. The maximum Gasteiger partial charge on any atom is 0.319 e. The number of carbonyl (C=O) groups excluding carboxylic acids is 3. The number of hydrogen-bond donors (Lipinski definition) is 29. The van der Waals surface area contributed by atoms with Crippen LogP contribution >= 0.6 is 0 Å². The van der Waals surface area contributed by atoms with Gasteiger partial charge in [0.25, 0.3) is 0 Å². The van der Waals surface area contributed by atoms with E-state index in [1.807, 2.05) is 0 Å². The predicted molar refractivity (Wildman–Crippen MR) is 361 cm³/mol. The van der Waals surface area contributed by atoms with Crippen LogP contribution in [0.1, 0.15) is 12.8 Å². The zero-order valence-electron chi connectivity index (χ0n) is 58.2. The van der Waals surface area contributed by atoms with Gasteiger partial charge in [0.15, 0.2) is 37.7 Å². The van der Waals surface area contributed by atoms with Crippen LogP contribution in [0.15, 0.2) is 49.6 Å². The van der Waals surface area contributed by atoms with E-state index in [1.165, 1.54) is 19.3 Å². The molecule has 45 heteroatoms. The largest absolute Gasteiger partial charge is 0.497 e. The normalized spacial score (nSPS) is 44.3. The van der Waals surface area contributed by atoms with Gasteiger partial charge in [-0.05, 0) is 37.1 Å². The molecule has 6 saturated heterocycles. The summed E-state index contributed by atoms with van der Waals surface area (Å²) in [6.07, 6.45) is -41.4. The highest BCUT2D eigenvalue weighted by Gasteiger charge is 2.58. The van der Waals surface area contributed by atoms with Gasteiger partial charge in [-0.3, -0.25) is 0 Å². The molecular weight excluding hydrogens is 1440 g/mol. The number of nitrogens with two attached hydrogens (primary N) is 8. The molecule has 2 aliphatic carbocycles. The molecule has 107 heavy (non-hydrogen) atoms. The summed E-state index contributed by atoms with van der Waals surface area (Å²) in [4.78, 5) is 37.8. The van der Waals surface area contributed by atoms with Crippen LogP contribution in [-0.2, 0) is 56.8 Å². The summed E-state index contributed by atoms with van der Waals surface area (Å²) in [5.41, 5.74) is 48.9. The Morgan fingerprint density at radius 1 is 0.421 bits per heavy atom. The average Bonchev–Trinajstić information content (AvgIpc) is 1.74. The summed E-state index contributed by atoms with van der Waals surface area (Å²) in [5.74, 6) is 0.542. The minimum absolute atomic E-state index is 0.0251. The zero-order valence-corrected chi connectivity index (χ0v) is 58.2. The van der Waals surface area contributed by atoms with Crippen LogP contribution in [0.25, 0.3) is 0 Å². The van der Waals surface area contributed by atoms with Crippen molar-refractivity contribution in [1.82, 2.24) is 26.6 Å². The van der Waals surface area contributed by atoms with Crippen molar-refractivity contribution in [2.45, 2.75) is 245 Å². The highest BCUT2D eigenvalue weighted by atomic mass is 16.8. The average molecular weight is 1550 g/mol. The van der Waals surface area contributed by atoms with Gasteiger partial charge in [0.05, 0.1) is 51.2 Å². The Bertz CT molecular complexity index is 2940. The molecule has 612 valence electrons. The maximum atomic E-state index is 13.0. The molecule has 38 atom stereocenters. The number of urea groups is 3. The Balaban J connectivity index is 0.000000270. The maximum absolute atomic E-state index is 13.0. The first-order valence-electron chi connectivity index (χ1n) is 34.7. The molecule has 6 heterocycles. The van der Waals surface area contributed by atoms with Crippen molar-refractivity contribution in [3.8, 4) is 5.75 Å². The van der Waals surface area contributed by atoms with Gasteiger partial charge in [0.2, 0.25) is 0 Å². The lowest BCUT2D eigenvalue weighted by atomic mass is 9.84. The number of ether oxygens (including phenoxy) is 13. The molecule has 0 radical (unpaired) electrons. The molecule has 8 aliphatic rings. The molecule has 0 spiro atoms. The lowest BCUT2D eigenvalue weighted by Crippen LogP contribution is -2.68. The van der Waals surface area contributed by atoms with E-state index in [9.17, 15) is 91.0 Å². The van der Waals surface area contributed by atoms with E-state index in [4.69, 9.17) is 107 Å². The third-order valence-corrected chi connectivity index (χ3v) is 19.6. The van der Waals surface area contributed by atoms with Crippen molar-refractivity contribution < 1.29 is 153 Å². The van der Waals surface area contributed by atoms with E-state index in [2.05, 4.69) is 45.1 Å². The summed E-state index contributed by atoms with van der Waals surface area (Å²) in [6.45, 7) is 4.20. The summed E-state index contributed by atoms with van der Waals surface area (Å²) >= 11 is 0. The van der Waals surface area contributed by atoms with Crippen LogP contribution in [0.4, 0.5) is 20.1 Å². The number of methoxy groups -OCH3 is 1. The van der Waals surface area contributed by atoms with Gasteiger partial charge in [-0.15, -0.1) is 13.2 Å². The summed E-state index contributed by atoms with van der Waals surface area (Å²) < 4.78 is 75.8. The number of carbonyl (C=O) groups is 3. The highest BCUT2D eigenvalue weighted by Crippen LogP contribution is 2.38. The lowest BCUT2D eigenvalue weighted by molar-refractivity contribution is -0.310. The van der Waals surface area contributed by atoms with Crippen LogP contribution in [0, 0.1) is 0 Å². The Hall–Kier alpha value is -5.09. The van der Waals surface area contributed by atoms with Crippen molar-refractivity contribution in [2.75, 3.05) is 65.0 Å². The second-order valence-electron chi connectivity index (χ2n) is 27.0. The lowest BCUT2D eigenvalue weighted by Gasteiger charge is -2.47. The third kappa shape index (κ3) is 20.8. The van der Waals surface area contributed by atoms with Crippen LogP contribution in [0.5, 0.6) is 5.75 Å². The van der Waals surface area contributed by atoms with Gasteiger partial charge >= 0.3 is 18.1 Å². The minimum atomic E-state index is -1.76. The molecule has 0 aromatic heterocycles. The second kappa shape index (κ2) is 39.9. The van der Waals surface area contributed by atoms with E-state index in [-0.39, 0.29) is 45.6 Å². The molecule has 9 rings (SSSR count). The molecule has 6 aliphatic heterocycles. The number of aliphatic hydroxyl groups is 15. The topological polar surface area (TPSA) is 755 Å². The fourth-order valence-electron chi connectivity index (χ4n) is 13.4. The predicted octanol–water partition coefficient (Wildman–Crippen LogP) is -14.8. The molecule has 6 amide bonds. The number of hydrogen-bond acceptors (Lipinski definition) is 39. The Labute approximate surface area is 612 Å². The van der Waals surface area contributed by atoms with Crippen molar-refractivity contribution in [2.24, 2.45) is 45.9 Å². The third-order valence-electron chi connectivity index (χ3n) is 19.6. The summed E-state index contributed by atoms with van der Waals surface area (Å²) in [6, 6.07) is -5.22. The molecule has 2 saturated carbocycles. The smallest absolute Gasteiger partial charge is 0.319 e. The highest BCUT2D eigenvalue weighted by molar-refractivity contribution is 5.89. The summed E-state index contributed by atoms with van der Waals surface area (Å²) in [7, 11) is 1.48. The van der Waals surface area contributed by atoms with Gasteiger partial charge in [-0.25, -0.2) is 14.4 Å². The molecule has 45 nitrogen and oxygen atoms in total. The SMILES string of the molecule is C=CCNC(=O)NCC1O[C@H](OC2[C@@H](CO)O[C@@H](O[C@@H]3C(O)[C@H](N)CC(N)[C@H]3O[C@H]3OC(CN)[C@@H](O)[C@H](O)C3N)[C@H]2O)C(NC(=O)NCC=C)[C@H](O)[C@@H]1O.COc1ccc(NC(=O)NC2[C@@H](OC3[C@@H](CO)O[C@@H](O[C@@H]4C(O)[C@H](N)CC(N)[C@H]4O[C@H]4OC(CO)[C@@H](O)[C@H](O)C4N)[C@H]3O)OC(CN)[C@@H](O)[C@H]2O)cc1. The number of aliphatic hydroxyl groups excluding tert-OH is 15. The summed E-state index contributed by atoms with van der Waals surface area (Å²) in [5, 5.41) is 175. The standard InChI is InChI=1S/C31H56N8O15.C31H52N6O16/c1-3-5-36-30(47)38-9-14-20(43)22(45)17(39-31(48)37-6-4-2)28(50-14)53-25-15(10-40)51-29(23(25)46)54-26-18(41)11(33)7-12(34)24(26)52-27-16(35)21(44)19(42)13(8-32)49-27;1-47-11-4-2-10(3-5-11)36-31(46)37-18-23(44)20(41)14(7-32)48-29(18)52-26-16(9-39)50-30(24(26)45)53-27-19(40)12(33)6-13(34)25(27)51-28-17(35)22(43)21(42)15(8-38)49-28/h3-4,11-29,40-46H,1-2,5-10,32-35H2,(H2,36,38,47)(H2,37,39,48);2-5,12-30,38-45H,6-9,32-35H2,1H3,(H2,36,37,46)/t11-,12?,13?,14?,15-,16?,17?,18?,19-,20-,21-,22+,23+,24-,25?,26-,27-,28-,29+;12-,13?,14?,15?,16-,17?,18?,19?,20-,21-,22-,23+,24+,25-,26?,27-,28-,29-,30+/m11/s1. The quantitative estimate of drug-likeness (QED) is 0.0364. The van der Waals surface area contributed by atoms with E-state index in [1.54, 1.807) is 24.3 Å². The van der Waals surface area contributed by atoms with Crippen LogP contribution in [0.3, 0.4) is 0 Å². The molecule has 14 unspecified atom stereocenters. The van der Waals surface area contributed by atoms with Gasteiger partial charge in [0, 0.05) is 62.6 Å². The molecule has 0 bridgehead atoms. The minimum Gasteiger partial charge on any atom is -0.497 e. The first-order valence-corrected chi connectivity index (χ1v) is 34.7. The van der Waals surface area contributed by atoms with E-state index in [0.717, 1.165) is 0 Å². The van der Waals surface area contributed by atoms with Crippen LogP contribution < -0.4 is 82.5 Å². The van der Waals surface area contributed by atoms with E-state index >= 15 is 0 Å². The van der Waals surface area contributed by atoms with Gasteiger partial charge in [-0.2, -0.15) is 0 Å². The number of nitrogens with one attached hydrogen (secondary N) is 6. The zero-order chi connectivity index (χ0) is 78.6. The van der Waals surface area contributed by atoms with Crippen LogP contribution in [-0.4, -0.2) is 387 Å². The van der Waals surface area contributed by atoms with Gasteiger partial charge in [-0.1, -0.05) is 12.2 Å². The van der Waals surface area contributed by atoms with Crippen molar-refractivity contribution >= 4 is 23.8 Å². The van der Waals surface area contributed by atoms with E-state index < -0.39 is 270 Å². The first-order chi connectivity index (χ1) is 50.9. The molecule has 37 N–H and O–H groups in total. The molecular formula is C62H108N14O31. The fourth-order valence-corrected chi connectivity index (χ4v) is 13.4. The first kappa shape index (κ1) is 87.5. The second-order valence-corrected chi connectivity index (χ2v) is 27.0. The molecule has 8 fully saturated rings. The number of benzene rings is 1. The Morgan fingerprint density at radius 2 is 0.785 bits per heavy atom. The number of rotatable bonds is 27. The van der Waals surface area contributed by atoms with Crippen molar-refractivity contribution in [3.63, 3.8) is 0 Å². The van der Waals surface area contributed by atoms with Gasteiger partial charge < -0.3 is 216 Å². The number of amides is 6. The molecule has 1 aromatic rings. The van der Waals surface area contributed by atoms with Gasteiger partial charge in [0.1, 0.15) is 152 Å². The van der Waals surface area contributed by atoms with E-state index in [0.29, 0.717) is 11.4 Å². The van der Waals surface area contributed by atoms with Crippen LogP contribution in [0.2, 0.25) is 0 Å². The Kier molecular flexibility index (Phi) is 32.6. The fraction of sp³-hybridized carbons (Fsp3) is 0.790. The van der Waals surface area contributed by atoms with Crippen molar-refractivity contribution in [3.05, 3.63) is 49.6 Å². The molecule has 1 aromatic carbocycles.